The molecule has 0 N–H and O–H groups in total. The molecule has 1 radical (unpaired) electrons. The molecule has 0 aliphatic rings. The van der Waals surface area contributed by atoms with E-state index >= 15 is 0 Å². The minimum Gasteiger partial charge on any atom is -0.265 e. The molecule has 14 heavy (non-hydrogen) atoms. The fraction of sp³-hybridized carbons (Fsp3) is 0.0769. The third-order valence-electron chi connectivity index (χ3n) is 2.12. The Balaban J connectivity index is 1.96. The summed E-state index contributed by atoms with van der Waals surface area (Å²) in [7, 11) is 0. The highest BCUT2D eigenvalue weighted by molar-refractivity contribution is 5.25. The molecule has 1 nitrogen and oxygen atoms in total. The Hall–Kier alpha value is -1.63. The average Bonchev–Trinajstić information content (AvgIpc) is 2.29. The largest absolute Gasteiger partial charge is 0.265 e. The summed E-state index contributed by atoms with van der Waals surface area (Å²) in [4.78, 5) is 3.98. The van der Waals surface area contributed by atoms with E-state index in [-0.39, 0.29) is 0 Å². The van der Waals surface area contributed by atoms with E-state index in [1.165, 1.54) is 11.1 Å². The van der Waals surface area contributed by atoms with Gasteiger partial charge in [-0.25, -0.2) is 0 Å². The lowest BCUT2D eigenvalue weighted by Crippen LogP contribution is -1.87. The van der Waals surface area contributed by atoms with Gasteiger partial charge in [-0.15, -0.1) is 0 Å². The Bertz CT molecular complexity index is 327. The predicted molar refractivity (Wildman–Crippen MR) is 57.8 cm³/mol. The van der Waals surface area contributed by atoms with Gasteiger partial charge in [-0.2, -0.15) is 0 Å². The normalized spacial score (nSPS) is 10.0. The zero-order valence-electron chi connectivity index (χ0n) is 7.93. The smallest absolute Gasteiger partial charge is 0.0270 e. The zero-order chi connectivity index (χ0) is 9.64. The molecule has 1 heterocycles. The SMILES string of the molecule is [CH](Cc1ccccc1)c1ccncc1. The first-order chi connectivity index (χ1) is 6.95. The molecule has 2 aromatic rings. The maximum atomic E-state index is 3.98. The minimum absolute atomic E-state index is 0.977. The molecule has 0 bridgehead atoms. The van der Waals surface area contributed by atoms with Gasteiger partial charge in [-0.05, 0) is 36.1 Å². The third kappa shape index (κ3) is 2.43. The van der Waals surface area contributed by atoms with Gasteiger partial charge in [0.15, 0.2) is 0 Å². The monoisotopic (exact) mass is 182 g/mol. The van der Waals surface area contributed by atoms with Crippen molar-refractivity contribution in [2.75, 3.05) is 0 Å². The molecule has 0 amide bonds. The van der Waals surface area contributed by atoms with Gasteiger partial charge in [0.2, 0.25) is 0 Å². The summed E-state index contributed by atoms with van der Waals surface area (Å²) >= 11 is 0. The molecular formula is C13H12N. The van der Waals surface area contributed by atoms with Crippen LogP contribution in [-0.2, 0) is 6.42 Å². The summed E-state index contributed by atoms with van der Waals surface area (Å²) in [6, 6.07) is 14.5. The van der Waals surface area contributed by atoms with E-state index < -0.39 is 0 Å². The second-order valence-electron chi connectivity index (χ2n) is 3.17. The van der Waals surface area contributed by atoms with Gasteiger partial charge in [0.25, 0.3) is 0 Å². The van der Waals surface area contributed by atoms with Crippen LogP contribution in [0.5, 0.6) is 0 Å². The maximum absolute atomic E-state index is 3.98. The summed E-state index contributed by atoms with van der Waals surface area (Å²) in [5.74, 6) is 0. The minimum atomic E-state index is 0.977. The molecule has 0 saturated carbocycles. The highest BCUT2D eigenvalue weighted by Crippen LogP contribution is 2.07. The highest BCUT2D eigenvalue weighted by Gasteiger charge is 1.94. The Labute approximate surface area is 84.4 Å². The van der Waals surface area contributed by atoms with Crippen LogP contribution in [0.3, 0.4) is 0 Å². The number of rotatable bonds is 3. The lowest BCUT2D eigenvalue weighted by atomic mass is 10.1. The van der Waals surface area contributed by atoms with Gasteiger partial charge in [0, 0.05) is 12.4 Å². The van der Waals surface area contributed by atoms with E-state index in [1.54, 1.807) is 0 Å². The standard InChI is InChI=1S/C13H12N/c1-2-4-12(5-3-1)6-7-13-8-10-14-11-9-13/h1-5,7-11H,6H2. The Morgan fingerprint density at radius 3 is 2.36 bits per heavy atom. The van der Waals surface area contributed by atoms with Crippen molar-refractivity contribution in [3.8, 4) is 0 Å². The molecule has 0 fully saturated rings. The topological polar surface area (TPSA) is 12.9 Å². The molecule has 1 aromatic carbocycles. The number of aromatic nitrogens is 1. The number of nitrogens with zero attached hydrogens (tertiary/aromatic N) is 1. The summed E-state index contributed by atoms with van der Waals surface area (Å²) in [6.45, 7) is 0. The molecule has 1 heteroatoms. The molecular weight excluding hydrogens is 170 g/mol. The lowest BCUT2D eigenvalue weighted by Gasteiger charge is -2.00. The number of hydrogen-bond acceptors (Lipinski definition) is 1. The van der Waals surface area contributed by atoms with E-state index in [2.05, 4.69) is 35.7 Å². The quantitative estimate of drug-likeness (QED) is 0.711. The Morgan fingerprint density at radius 2 is 1.64 bits per heavy atom. The highest BCUT2D eigenvalue weighted by atomic mass is 14.6. The number of pyridine rings is 1. The van der Waals surface area contributed by atoms with Crippen LogP contribution in [0.2, 0.25) is 0 Å². The Kier molecular flexibility index (Phi) is 2.92. The average molecular weight is 182 g/mol. The Morgan fingerprint density at radius 1 is 0.929 bits per heavy atom. The zero-order valence-corrected chi connectivity index (χ0v) is 7.93. The van der Waals surface area contributed by atoms with Crippen molar-refractivity contribution >= 4 is 0 Å². The summed E-state index contributed by atoms with van der Waals surface area (Å²) in [5, 5.41) is 0. The number of hydrogen-bond donors (Lipinski definition) is 0. The molecule has 0 saturated heterocycles. The van der Waals surface area contributed by atoms with Gasteiger partial charge in [-0.3, -0.25) is 4.98 Å². The van der Waals surface area contributed by atoms with E-state index in [9.17, 15) is 0 Å². The molecule has 0 aliphatic heterocycles. The molecule has 69 valence electrons. The van der Waals surface area contributed by atoms with Crippen LogP contribution in [0.25, 0.3) is 0 Å². The van der Waals surface area contributed by atoms with E-state index in [0.717, 1.165) is 6.42 Å². The van der Waals surface area contributed by atoms with Crippen molar-refractivity contribution in [3.63, 3.8) is 0 Å². The van der Waals surface area contributed by atoms with Crippen molar-refractivity contribution in [2.45, 2.75) is 6.42 Å². The molecule has 1 aromatic heterocycles. The predicted octanol–water partition coefficient (Wildman–Crippen LogP) is 2.88. The molecule has 2 rings (SSSR count). The summed E-state index contributed by atoms with van der Waals surface area (Å²) < 4.78 is 0. The van der Waals surface area contributed by atoms with Crippen LogP contribution >= 0.6 is 0 Å². The van der Waals surface area contributed by atoms with E-state index in [4.69, 9.17) is 0 Å². The van der Waals surface area contributed by atoms with Crippen molar-refractivity contribution in [2.24, 2.45) is 0 Å². The van der Waals surface area contributed by atoms with Crippen molar-refractivity contribution in [1.82, 2.24) is 4.98 Å². The van der Waals surface area contributed by atoms with Gasteiger partial charge < -0.3 is 0 Å². The second-order valence-corrected chi connectivity index (χ2v) is 3.17. The van der Waals surface area contributed by atoms with Crippen molar-refractivity contribution in [1.29, 1.82) is 0 Å². The first-order valence-corrected chi connectivity index (χ1v) is 4.72. The number of benzene rings is 1. The van der Waals surface area contributed by atoms with Gasteiger partial charge in [0.1, 0.15) is 0 Å². The molecule has 0 spiro atoms. The first-order valence-electron chi connectivity index (χ1n) is 4.72. The van der Waals surface area contributed by atoms with Crippen LogP contribution in [0, 0.1) is 6.42 Å². The van der Waals surface area contributed by atoms with E-state index in [1.807, 2.05) is 30.6 Å². The summed E-state index contributed by atoms with van der Waals surface area (Å²) in [6.07, 6.45) is 6.82. The second kappa shape index (κ2) is 4.56. The lowest BCUT2D eigenvalue weighted by molar-refractivity contribution is 1.15. The van der Waals surface area contributed by atoms with Crippen molar-refractivity contribution in [3.05, 3.63) is 72.4 Å². The van der Waals surface area contributed by atoms with Crippen LogP contribution in [0.4, 0.5) is 0 Å². The maximum Gasteiger partial charge on any atom is 0.0270 e. The molecule has 0 aliphatic carbocycles. The van der Waals surface area contributed by atoms with Gasteiger partial charge in [-0.1, -0.05) is 30.3 Å². The molecule has 0 atom stereocenters. The third-order valence-corrected chi connectivity index (χ3v) is 2.12. The fourth-order valence-electron chi connectivity index (χ4n) is 1.35. The first kappa shape index (κ1) is 8.95. The molecule has 0 unspecified atom stereocenters. The van der Waals surface area contributed by atoms with Crippen LogP contribution in [-0.4, -0.2) is 4.98 Å². The van der Waals surface area contributed by atoms with Crippen LogP contribution in [0.15, 0.2) is 54.9 Å². The van der Waals surface area contributed by atoms with Crippen LogP contribution in [0.1, 0.15) is 11.1 Å². The fourth-order valence-corrected chi connectivity index (χ4v) is 1.35. The van der Waals surface area contributed by atoms with Gasteiger partial charge >= 0.3 is 0 Å². The van der Waals surface area contributed by atoms with Gasteiger partial charge in [0.05, 0.1) is 0 Å². The van der Waals surface area contributed by atoms with Crippen LogP contribution < -0.4 is 0 Å². The van der Waals surface area contributed by atoms with Crippen molar-refractivity contribution < 1.29 is 0 Å². The summed E-state index contributed by atoms with van der Waals surface area (Å²) in [5.41, 5.74) is 2.56. The van der Waals surface area contributed by atoms with E-state index in [0.29, 0.717) is 0 Å².